The lowest BCUT2D eigenvalue weighted by molar-refractivity contribution is -0.143. The third-order valence-electron chi connectivity index (χ3n) is 5.98. The lowest BCUT2D eigenvalue weighted by Crippen LogP contribution is -2.51. The first-order chi connectivity index (χ1) is 15.3. The van der Waals surface area contributed by atoms with Crippen molar-refractivity contribution in [3.63, 3.8) is 0 Å². The van der Waals surface area contributed by atoms with E-state index < -0.39 is 6.10 Å². The van der Waals surface area contributed by atoms with E-state index in [0.29, 0.717) is 19.7 Å². The molecule has 2 aromatic heterocycles. The highest BCUT2D eigenvalue weighted by Crippen LogP contribution is 2.42. The van der Waals surface area contributed by atoms with E-state index in [1.54, 1.807) is 16.2 Å². The normalized spacial score (nSPS) is 16.8. The van der Waals surface area contributed by atoms with E-state index in [1.165, 1.54) is 11.8 Å². The number of fused-ring (bicyclic) bond motifs is 3. The minimum Gasteiger partial charge on any atom is -0.492 e. The molecule has 1 saturated heterocycles. The molecule has 4 heterocycles. The average Bonchev–Trinajstić information content (AvgIpc) is 3.26. The van der Waals surface area contributed by atoms with Gasteiger partial charge in [-0.25, -0.2) is 14.6 Å². The summed E-state index contributed by atoms with van der Waals surface area (Å²) in [5.74, 6) is 2.44. The Labute approximate surface area is 190 Å². The molecule has 1 atom stereocenters. The fourth-order valence-electron chi connectivity index (χ4n) is 4.26. The highest BCUT2D eigenvalue weighted by molar-refractivity contribution is 7.15. The van der Waals surface area contributed by atoms with Crippen molar-refractivity contribution in [2.75, 3.05) is 19.7 Å². The predicted molar refractivity (Wildman–Crippen MR) is 122 cm³/mol. The highest BCUT2D eigenvalue weighted by atomic mass is 32.1. The zero-order valence-corrected chi connectivity index (χ0v) is 19.5. The van der Waals surface area contributed by atoms with Gasteiger partial charge in [-0.2, -0.15) is 5.10 Å². The number of hydrogen-bond acceptors (Lipinski definition) is 7. The van der Waals surface area contributed by atoms with Crippen molar-refractivity contribution in [1.82, 2.24) is 24.6 Å². The first-order valence-electron chi connectivity index (χ1n) is 11.0. The Hall–Kier alpha value is -2.78. The van der Waals surface area contributed by atoms with Crippen LogP contribution in [0.15, 0.2) is 18.2 Å². The topological polar surface area (TPSA) is 93.4 Å². The van der Waals surface area contributed by atoms with Gasteiger partial charge in [-0.05, 0) is 45.4 Å². The Bertz CT molecular complexity index is 1180. The molecule has 1 N–H and O–H groups in total. The molecule has 1 amide bonds. The van der Waals surface area contributed by atoms with Gasteiger partial charge in [0.2, 0.25) is 0 Å². The van der Waals surface area contributed by atoms with Crippen molar-refractivity contribution in [2.45, 2.75) is 52.2 Å². The Morgan fingerprint density at radius 2 is 2.03 bits per heavy atom. The largest absolute Gasteiger partial charge is 0.492 e. The molecule has 0 saturated carbocycles. The summed E-state index contributed by atoms with van der Waals surface area (Å²) in [4.78, 5) is 24.4. The summed E-state index contributed by atoms with van der Waals surface area (Å²) in [5, 5.41) is 14.9. The van der Waals surface area contributed by atoms with Crippen LogP contribution in [-0.2, 0) is 11.2 Å². The van der Waals surface area contributed by atoms with E-state index >= 15 is 0 Å². The molecule has 2 aliphatic heterocycles. The molecule has 168 valence electrons. The van der Waals surface area contributed by atoms with Gasteiger partial charge >= 0.3 is 0 Å². The molecule has 0 spiro atoms. The molecular formula is C23H27N5O3S. The summed E-state index contributed by atoms with van der Waals surface area (Å²) in [6, 6.07) is 6.47. The molecule has 3 aromatic rings. The van der Waals surface area contributed by atoms with Gasteiger partial charge in [0, 0.05) is 41.9 Å². The lowest BCUT2D eigenvalue weighted by Gasteiger charge is -2.40. The number of thiazole rings is 1. The molecule has 1 fully saturated rings. The quantitative estimate of drug-likeness (QED) is 0.652. The average molecular weight is 454 g/mol. The van der Waals surface area contributed by atoms with Gasteiger partial charge in [0.15, 0.2) is 10.8 Å². The van der Waals surface area contributed by atoms with Crippen LogP contribution in [-0.4, -0.2) is 61.5 Å². The van der Waals surface area contributed by atoms with Crippen molar-refractivity contribution in [1.29, 1.82) is 0 Å². The fraction of sp³-hybridized carbons (Fsp3) is 0.478. The SMILES string of the molecule is Cc1nc(-c2nc3c(s2)CCOc2cc(C4CN(C(=O)[C@H](C)O)C4)ccc2-3)n(C(C)C)n1. The van der Waals surface area contributed by atoms with Gasteiger partial charge in [-0.15, -0.1) is 11.3 Å². The molecule has 0 aliphatic carbocycles. The van der Waals surface area contributed by atoms with E-state index in [4.69, 9.17) is 9.72 Å². The lowest BCUT2D eigenvalue weighted by atomic mass is 9.90. The number of amides is 1. The van der Waals surface area contributed by atoms with Gasteiger partial charge in [-0.1, -0.05) is 6.07 Å². The summed E-state index contributed by atoms with van der Waals surface area (Å²) >= 11 is 1.66. The molecule has 0 radical (unpaired) electrons. The standard InChI is InChI=1S/C23H27N5O3S/c1-12(2)28-21(24-14(4)26-28)22-25-20-17-6-5-15(9-18(17)31-8-7-19(20)32-22)16-10-27(11-16)23(30)13(3)29/h5-6,9,12-13,16,29H,7-8,10-11H2,1-4H3/t13-/m0/s1. The van der Waals surface area contributed by atoms with Crippen molar-refractivity contribution >= 4 is 17.2 Å². The Morgan fingerprint density at radius 1 is 1.25 bits per heavy atom. The number of rotatable bonds is 4. The molecule has 1 aromatic carbocycles. The number of nitrogens with zero attached hydrogens (tertiary/aromatic N) is 5. The van der Waals surface area contributed by atoms with E-state index in [-0.39, 0.29) is 17.9 Å². The zero-order chi connectivity index (χ0) is 22.6. The molecule has 8 nitrogen and oxygen atoms in total. The van der Waals surface area contributed by atoms with Gasteiger partial charge in [0.05, 0.1) is 12.3 Å². The maximum absolute atomic E-state index is 11.9. The summed E-state index contributed by atoms with van der Waals surface area (Å²) in [6.07, 6.45) is -0.153. The van der Waals surface area contributed by atoms with Crippen LogP contribution < -0.4 is 4.74 Å². The van der Waals surface area contributed by atoms with Crippen molar-refractivity contribution < 1.29 is 14.6 Å². The highest BCUT2D eigenvalue weighted by Gasteiger charge is 2.34. The van der Waals surface area contributed by atoms with E-state index in [2.05, 4.69) is 42.1 Å². The number of carbonyl (C=O) groups is 1. The second kappa shape index (κ2) is 7.97. The van der Waals surface area contributed by atoms with E-state index in [0.717, 1.165) is 45.6 Å². The summed E-state index contributed by atoms with van der Waals surface area (Å²) < 4.78 is 8.02. The number of likely N-dealkylation sites (tertiary alicyclic amines) is 1. The van der Waals surface area contributed by atoms with Crippen LogP contribution in [0.5, 0.6) is 5.75 Å². The van der Waals surface area contributed by atoms with Crippen LogP contribution in [0.4, 0.5) is 0 Å². The maximum atomic E-state index is 11.9. The van der Waals surface area contributed by atoms with Crippen LogP contribution in [0.25, 0.3) is 22.1 Å². The monoisotopic (exact) mass is 453 g/mol. The smallest absolute Gasteiger partial charge is 0.251 e. The van der Waals surface area contributed by atoms with Crippen LogP contribution in [0.2, 0.25) is 0 Å². The maximum Gasteiger partial charge on any atom is 0.251 e. The summed E-state index contributed by atoms with van der Waals surface area (Å²) in [7, 11) is 0. The second-order valence-electron chi connectivity index (χ2n) is 8.78. The van der Waals surface area contributed by atoms with E-state index in [1.807, 2.05) is 11.6 Å². The van der Waals surface area contributed by atoms with Crippen LogP contribution in [0, 0.1) is 6.92 Å². The fourth-order valence-corrected chi connectivity index (χ4v) is 5.30. The van der Waals surface area contributed by atoms with Crippen molar-refractivity contribution in [3.8, 4) is 27.8 Å². The third kappa shape index (κ3) is 3.59. The van der Waals surface area contributed by atoms with Gasteiger partial charge in [0.1, 0.15) is 17.7 Å². The molecule has 5 rings (SSSR count). The first-order valence-corrected chi connectivity index (χ1v) is 11.8. The molecule has 0 bridgehead atoms. The number of benzene rings is 1. The summed E-state index contributed by atoms with van der Waals surface area (Å²) in [6.45, 7) is 9.45. The Kier molecular flexibility index (Phi) is 5.25. The number of aliphatic hydroxyl groups excluding tert-OH is 1. The third-order valence-corrected chi connectivity index (χ3v) is 7.10. The number of ether oxygens (including phenoxy) is 1. The van der Waals surface area contributed by atoms with E-state index in [9.17, 15) is 9.90 Å². The molecule has 9 heteroatoms. The van der Waals surface area contributed by atoms with Crippen LogP contribution in [0.3, 0.4) is 0 Å². The zero-order valence-electron chi connectivity index (χ0n) is 18.7. The van der Waals surface area contributed by atoms with Crippen LogP contribution in [0.1, 0.15) is 49.0 Å². The van der Waals surface area contributed by atoms with Gasteiger partial charge in [0.25, 0.3) is 5.91 Å². The van der Waals surface area contributed by atoms with Gasteiger partial charge in [-0.3, -0.25) is 4.79 Å². The Balaban J connectivity index is 1.44. The second-order valence-corrected chi connectivity index (χ2v) is 9.87. The first kappa shape index (κ1) is 21.1. The molecule has 0 unspecified atom stereocenters. The van der Waals surface area contributed by atoms with Crippen molar-refractivity contribution in [3.05, 3.63) is 34.5 Å². The Morgan fingerprint density at radius 3 is 2.75 bits per heavy atom. The van der Waals surface area contributed by atoms with Crippen molar-refractivity contribution in [2.24, 2.45) is 0 Å². The molecule has 32 heavy (non-hydrogen) atoms. The number of hydrogen-bond donors (Lipinski definition) is 1. The molecule has 2 aliphatic rings. The minimum absolute atomic E-state index is 0.204. The van der Waals surface area contributed by atoms with Gasteiger partial charge < -0.3 is 14.7 Å². The number of aryl methyl sites for hydroxylation is 1. The summed E-state index contributed by atoms with van der Waals surface area (Å²) in [5.41, 5.74) is 3.10. The minimum atomic E-state index is -0.950. The number of aliphatic hydroxyl groups is 1. The number of aromatic nitrogens is 4. The molecular weight excluding hydrogens is 426 g/mol. The van der Waals surface area contributed by atoms with Crippen LogP contribution >= 0.6 is 11.3 Å². The number of carbonyl (C=O) groups excluding carboxylic acids is 1. The predicted octanol–water partition coefficient (Wildman–Crippen LogP) is 3.20.